The molecule has 0 saturated carbocycles. The Hall–Kier alpha value is -1.89. The lowest BCUT2D eigenvalue weighted by atomic mass is 10.1. The summed E-state index contributed by atoms with van der Waals surface area (Å²) in [6.45, 7) is 5.14. The third kappa shape index (κ3) is 3.92. The van der Waals surface area contributed by atoms with Crippen LogP contribution in [0.5, 0.6) is 5.88 Å². The second-order valence-electron chi connectivity index (χ2n) is 6.71. The SMILES string of the molecule is CCOc1ccnc(N[C@@H]2C[C@H]3CO[C@@H](c4ccc(Cl)cc4)CN3C2)n1. The lowest BCUT2D eigenvalue weighted by Crippen LogP contribution is -2.42. The van der Waals surface area contributed by atoms with E-state index in [0.29, 0.717) is 30.5 Å². The van der Waals surface area contributed by atoms with E-state index in [9.17, 15) is 0 Å². The Labute approximate surface area is 158 Å². The van der Waals surface area contributed by atoms with E-state index in [4.69, 9.17) is 21.1 Å². The molecule has 138 valence electrons. The zero-order valence-corrected chi connectivity index (χ0v) is 15.5. The Morgan fingerprint density at radius 1 is 1.27 bits per heavy atom. The first-order valence-electron chi connectivity index (χ1n) is 9.04. The van der Waals surface area contributed by atoms with Crippen LogP contribution in [0.4, 0.5) is 5.95 Å². The summed E-state index contributed by atoms with van der Waals surface area (Å²) in [5.74, 6) is 1.22. The van der Waals surface area contributed by atoms with Gasteiger partial charge in [-0.2, -0.15) is 4.98 Å². The van der Waals surface area contributed by atoms with Crippen molar-refractivity contribution >= 4 is 17.5 Å². The first-order valence-corrected chi connectivity index (χ1v) is 9.42. The maximum Gasteiger partial charge on any atom is 0.226 e. The van der Waals surface area contributed by atoms with E-state index in [2.05, 4.69) is 20.2 Å². The minimum Gasteiger partial charge on any atom is -0.478 e. The summed E-state index contributed by atoms with van der Waals surface area (Å²) in [6.07, 6.45) is 2.84. The largest absolute Gasteiger partial charge is 0.478 e. The number of rotatable bonds is 5. The van der Waals surface area contributed by atoms with Crippen molar-refractivity contribution in [1.29, 1.82) is 0 Å². The molecular formula is C19H23ClN4O2. The fourth-order valence-electron chi connectivity index (χ4n) is 3.68. The van der Waals surface area contributed by atoms with Crippen molar-refractivity contribution in [2.75, 3.05) is 31.6 Å². The predicted molar refractivity (Wildman–Crippen MR) is 101 cm³/mol. The molecule has 4 rings (SSSR count). The smallest absolute Gasteiger partial charge is 0.226 e. The summed E-state index contributed by atoms with van der Waals surface area (Å²) >= 11 is 5.99. The van der Waals surface area contributed by atoms with Crippen molar-refractivity contribution in [3.63, 3.8) is 0 Å². The summed E-state index contributed by atoms with van der Waals surface area (Å²) in [7, 11) is 0. The maximum atomic E-state index is 6.10. The highest BCUT2D eigenvalue weighted by Crippen LogP contribution is 2.31. The summed E-state index contributed by atoms with van der Waals surface area (Å²) in [5.41, 5.74) is 1.18. The van der Waals surface area contributed by atoms with Gasteiger partial charge in [-0.15, -0.1) is 0 Å². The molecule has 1 N–H and O–H groups in total. The van der Waals surface area contributed by atoms with E-state index in [-0.39, 0.29) is 6.10 Å². The Balaban J connectivity index is 1.37. The zero-order valence-electron chi connectivity index (χ0n) is 14.8. The minimum absolute atomic E-state index is 0.0970. The number of nitrogens with zero attached hydrogens (tertiary/aromatic N) is 3. The molecule has 26 heavy (non-hydrogen) atoms. The molecule has 2 aromatic rings. The molecule has 2 saturated heterocycles. The lowest BCUT2D eigenvalue weighted by Gasteiger charge is -2.35. The van der Waals surface area contributed by atoms with E-state index < -0.39 is 0 Å². The Bertz CT molecular complexity index is 743. The van der Waals surface area contributed by atoms with Crippen LogP contribution in [-0.2, 0) is 4.74 Å². The molecule has 1 aromatic carbocycles. The number of morpholine rings is 1. The van der Waals surface area contributed by atoms with Gasteiger partial charge >= 0.3 is 0 Å². The van der Waals surface area contributed by atoms with Crippen LogP contribution in [0.3, 0.4) is 0 Å². The van der Waals surface area contributed by atoms with Crippen LogP contribution in [0.2, 0.25) is 5.02 Å². The number of fused-ring (bicyclic) bond motifs is 1. The fraction of sp³-hybridized carbons (Fsp3) is 0.474. The molecule has 0 unspecified atom stereocenters. The van der Waals surface area contributed by atoms with Gasteiger partial charge in [0.05, 0.1) is 19.3 Å². The molecule has 0 radical (unpaired) electrons. The number of benzene rings is 1. The minimum atomic E-state index is 0.0970. The molecule has 2 aliphatic rings. The third-order valence-electron chi connectivity index (χ3n) is 4.92. The van der Waals surface area contributed by atoms with Crippen molar-refractivity contribution in [3.8, 4) is 5.88 Å². The van der Waals surface area contributed by atoms with Crippen molar-refractivity contribution < 1.29 is 9.47 Å². The van der Waals surface area contributed by atoms with Crippen LogP contribution in [0.1, 0.15) is 25.0 Å². The summed E-state index contributed by atoms with van der Waals surface area (Å²) in [4.78, 5) is 11.2. The number of hydrogen-bond donors (Lipinski definition) is 1. The predicted octanol–water partition coefficient (Wildman–Crippen LogP) is 3.16. The van der Waals surface area contributed by atoms with Crippen molar-refractivity contribution in [1.82, 2.24) is 14.9 Å². The topological polar surface area (TPSA) is 59.5 Å². The summed E-state index contributed by atoms with van der Waals surface area (Å²) < 4.78 is 11.5. The van der Waals surface area contributed by atoms with Crippen LogP contribution in [0, 0.1) is 0 Å². The van der Waals surface area contributed by atoms with Gasteiger partial charge in [-0.05, 0) is 31.0 Å². The number of hydrogen-bond acceptors (Lipinski definition) is 6. The van der Waals surface area contributed by atoms with Crippen molar-refractivity contribution in [2.24, 2.45) is 0 Å². The third-order valence-corrected chi connectivity index (χ3v) is 5.17. The second-order valence-corrected chi connectivity index (χ2v) is 7.15. The summed E-state index contributed by atoms with van der Waals surface area (Å²) in [5, 5.41) is 4.19. The number of nitrogens with one attached hydrogen (secondary N) is 1. The highest BCUT2D eigenvalue weighted by Gasteiger charge is 2.38. The molecule has 0 bridgehead atoms. The fourth-order valence-corrected chi connectivity index (χ4v) is 3.81. The van der Waals surface area contributed by atoms with Gasteiger partial charge in [-0.1, -0.05) is 23.7 Å². The molecule has 2 aliphatic heterocycles. The van der Waals surface area contributed by atoms with E-state index >= 15 is 0 Å². The van der Waals surface area contributed by atoms with Crippen LogP contribution in [0.25, 0.3) is 0 Å². The number of ether oxygens (including phenoxy) is 2. The van der Waals surface area contributed by atoms with Crippen LogP contribution in [0.15, 0.2) is 36.5 Å². The van der Waals surface area contributed by atoms with Crippen molar-refractivity contribution in [3.05, 3.63) is 47.1 Å². The van der Waals surface area contributed by atoms with Gasteiger partial charge in [0, 0.05) is 42.5 Å². The molecule has 0 amide bonds. The molecule has 3 atom stereocenters. The average Bonchev–Trinajstić information content (AvgIpc) is 3.04. The molecule has 6 nitrogen and oxygen atoms in total. The van der Waals surface area contributed by atoms with Gasteiger partial charge in [0.1, 0.15) is 0 Å². The number of aromatic nitrogens is 2. The molecular weight excluding hydrogens is 352 g/mol. The molecule has 0 aliphatic carbocycles. The maximum absolute atomic E-state index is 6.10. The molecule has 7 heteroatoms. The van der Waals surface area contributed by atoms with Gasteiger partial charge in [0.15, 0.2) is 0 Å². The average molecular weight is 375 g/mol. The zero-order chi connectivity index (χ0) is 17.9. The van der Waals surface area contributed by atoms with Crippen LogP contribution in [-0.4, -0.2) is 53.3 Å². The normalized spacial score (nSPS) is 25.7. The molecule has 1 aromatic heterocycles. The quantitative estimate of drug-likeness (QED) is 0.867. The van der Waals surface area contributed by atoms with Crippen LogP contribution >= 0.6 is 11.6 Å². The first-order chi connectivity index (χ1) is 12.7. The number of anilines is 1. The molecule has 3 heterocycles. The van der Waals surface area contributed by atoms with E-state index in [0.717, 1.165) is 31.1 Å². The summed E-state index contributed by atoms with van der Waals surface area (Å²) in [6, 6.07) is 10.5. The van der Waals surface area contributed by atoms with Gasteiger partial charge in [0.25, 0.3) is 0 Å². The first kappa shape index (κ1) is 17.5. The number of halogens is 1. The van der Waals surface area contributed by atoms with E-state index in [1.54, 1.807) is 12.3 Å². The molecule has 2 fully saturated rings. The van der Waals surface area contributed by atoms with Crippen molar-refractivity contribution in [2.45, 2.75) is 31.5 Å². The Morgan fingerprint density at radius 3 is 2.92 bits per heavy atom. The van der Waals surface area contributed by atoms with E-state index in [1.165, 1.54) is 5.56 Å². The van der Waals surface area contributed by atoms with Gasteiger partial charge in [-0.3, -0.25) is 4.90 Å². The Kier molecular flexibility index (Phi) is 5.24. The van der Waals surface area contributed by atoms with Crippen LogP contribution < -0.4 is 10.1 Å². The van der Waals surface area contributed by atoms with Gasteiger partial charge < -0.3 is 14.8 Å². The van der Waals surface area contributed by atoms with E-state index in [1.807, 2.05) is 31.2 Å². The van der Waals surface area contributed by atoms with Gasteiger partial charge in [0.2, 0.25) is 11.8 Å². The Morgan fingerprint density at radius 2 is 2.12 bits per heavy atom. The highest BCUT2D eigenvalue weighted by molar-refractivity contribution is 6.30. The highest BCUT2D eigenvalue weighted by atomic mass is 35.5. The second kappa shape index (κ2) is 7.78. The monoisotopic (exact) mass is 374 g/mol. The van der Waals surface area contributed by atoms with Gasteiger partial charge in [-0.25, -0.2) is 4.98 Å². The lowest BCUT2D eigenvalue weighted by molar-refractivity contribution is -0.0501. The molecule has 0 spiro atoms. The standard InChI is InChI=1S/C19H23ClN4O2/c1-2-25-18-7-8-21-19(23-18)22-15-9-16-12-26-17(11-24(16)10-15)13-3-5-14(20)6-4-13/h3-8,15-17H,2,9-12H2,1H3,(H,21,22,23)/t15-,16+,17-/m1/s1.